The van der Waals surface area contributed by atoms with Gasteiger partial charge in [0.1, 0.15) is 12.0 Å². The summed E-state index contributed by atoms with van der Waals surface area (Å²) in [5.41, 5.74) is 1.81. The van der Waals surface area contributed by atoms with E-state index in [0.29, 0.717) is 34.1 Å². The number of halogens is 2. The number of esters is 1. The molecule has 1 aliphatic rings. The van der Waals surface area contributed by atoms with Crippen molar-refractivity contribution in [3.63, 3.8) is 0 Å². The molecule has 0 radical (unpaired) electrons. The lowest BCUT2D eigenvalue weighted by Crippen LogP contribution is -2.30. The summed E-state index contributed by atoms with van der Waals surface area (Å²) in [5.74, 6) is -2.85. The zero-order chi connectivity index (χ0) is 20.7. The number of nitrogens with zero attached hydrogens (tertiary/aromatic N) is 3. The van der Waals surface area contributed by atoms with E-state index < -0.39 is 29.9 Å². The number of hydrogen-bond donors (Lipinski definition) is 1. The van der Waals surface area contributed by atoms with E-state index in [9.17, 15) is 14.7 Å². The van der Waals surface area contributed by atoms with Crippen molar-refractivity contribution in [2.45, 2.75) is 31.8 Å². The number of imidazole rings is 1. The van der Waals surface area contributed by atoms with Crippen LogP contribution >= 0.6 is 23.2 Å². The number of carboxylic acids is 1. The average molecular weight is 434 g/mol. The van der Waals surface area contributed by atoms with Crippen molar-refractivity contribution in [1.29, 1.82) is 0 Å². The summed E-state index contributed by atoms with van der Waals surface area (Å²) in [5, 5.41) is 11.2. The van der Waals surface area contributed by atoms with Crippen molar-refractivity contribution in [3.8, 4) is 5.69 Å². The van der Waals surface area contributed by atoms with Crippen molar-refractivity contribution >= 4 is 46.0 Å². The van der Waals surface area contributed by atoms with E-state index in [2.05, 4.69) is 9.97 Å². The minimum absolute atomic E-state index is 0.300. The standard InChI is InChI=1S/C20H17Cl2N3O4/c1-10(26)29-16-5-3-11(17(16)20(27)28)14-8-15(25-7-6-23-9-25)12-2-4-13(21)18(22)19(12)24-14/h2,4,6-9,11,16-17H,3,5H2,1H3,(H,27,28)/t11?,16-,17-/m0/s1. The molecule has 0 bridgehead atoms. The third kappa shape index (κ3) is 3.56. The largest absolute Gasteiger partial charge is 0.481 e. The van der Waals surface area contributed by atoms with E-state index >= 15 is 0 Å². The molecule has 3 atom stereocenters. The Morgan fingerprint density at radius 1 is 1.28 bits per heavy atom. The molecule has 1 N–H and O–H groups in total. The lowest BCUT2D eigenvalue weighted by Gasteiger charge is -2.22. The van der Waals surface area contributed by atoms with E-state index in [4.69, 9.17) is 27.9 Å². The fourth-order valence-electron chi connectivity index (χ4n) is 4.01. The van der Waals surface area contributed by atoms with Crippen LogP contribution in [0.5, 0.6) is 0 Å². The summed E-state index contributed by atoms with van der Waals surface area (Å²) in [7, 11) is 0. The number of hydrogen-bond acceptors (Lipinski definition) is 5. The number of ether oxygens (including phenoxy) is 1. The minimum atomic E-state index is -1.03. The molecule has 0 amide bonds. The van der Waals surface area contributed by atoms with Crippen LogP contribution in [0.15, 0.2) is 36.9 Å². The van der Waals surface area contributed by atoms with Gasteiger partial charge in [0.2, 0.25) is 0 Å². The van der Waals surface area contributed by atoms with Gasteiger partial charge in [-0.3, -0.25) is 14.6 Å². The number of aromatic nitrogens is 3. The summed E-state index contributed by atoms with van der Waals surface area (Å²) in [4.78, 5) is 32.2. The minimum Gasteiger partial charge on any atom is -0.481 e. The van der Waals surface area contributed by atoms with Crippen LogP contribution in [0.1, 0.15) is 31.4 Å². The molecule has 1 saturated carbocycles. The second kappa shape index (κ2) is 7.65. The van der Waals surface area contributed by atoms with Gasteiger partial charge >= 0.3 is 11.9 Å². The molecule has 1 aromatic carbocycles. The normalized spacial score (nSPS) is 21.4. The Morgan fingerprint density at radius 3 is 2.72 bits per heavy atom. The van der Waals surface area contributed by atoms with Gasteiger partial charge in [-0.2, -0.15) is 0 Å². The number of carboxylic acid groups (broad SMARTS) is 1. The zero-order valence-electron chi connectivity index (χ0n) is 15.4. The van der Waals surface area contributed by atoms with Gasteiger partial charge in [-0.15, -0.1) is 0 Å². The Labute approximate surface area is 176 Å². The average Bonchev–Trinajstić information content (AvgIpc) is 3.33. The summed E-state index contributed by atoms with van der Waals surface area (Å²) in [6.45, 7) is 1.28. The number of aliphatic carboxylic acids is 1. The second-order valence-corrected chi connectivity index (χ2v) is 7.77. The Bertz CT molecular complexity index is 1100. The summed E-state index contributed by atoms with van der Waals surface area (Å²) in [6.07, 6.45) is 5.35. The van der Waals surface area contributed by atoms with Crippen LogP contribution in [-0.2, 0) is 14.3 Å². The highest BCUT2D eigenvalue weighted by Gasteiger charge is 2.44. The van der Waals surface area contributed by atoms with Crippen molar-refractivity contribution < 1.29 is 19.4 Å². The van der Waals surface area contributed by atoms with Gasteiger partial charge in [-0.1, -0.05) is 23.2 Å². The van der Waals surface area contributed by atoms with Gasteiger partial charge in [0, 0.05) is 36.3 Å². The molecule has 1 unspecified atom stereocenters. The van der Waals surface area contributed by atoms with E-state index in [1.807, 2.05) is 16.7 Å². The Hall–Kier alpha value is -2.64. The van der Waals surface area contributed by atoms with Gasteiger partial charge in [-0.05, 0) is 31.0 Å². The number of fused-ring (bicyclic) bond motifs is 1. The molecule has 29 heavy (non-hydrogen) atoms. The van der Waals surface area contributed by atoms with Crippen LogP contribution < -0.4 is 0 Å². The van der Waals surface area contributed by atoms with Gasteiger partial charge in [0.25, 0.3) is 0 Å². The first-order valence-electron chi connectivity index (χ1n) is 9.04. The maximum Gasteiger partial charge on any atom is 0.310 e. The smallest absolute Gasteiger partial charge is 0.310 e. The Balaban J connectivity index is 1.89. The van der Waals surface area contributed by atoms with Gasteiger partial charge in [-0.25, -0.2) is 4.98 Å². The van der Waals surface area contributed by atoms with Gasteiger partial charge in [0.15, 0.2) is 0 Å². The topological polar surface area (TPSA) is 94.3 Å². The summed E-state index contributed by atoms with van der Waals surface area (Å²) >= 11 is 12.6. The highest BCUT2D eigenvalue weighted by atomic mass is 35.5. The molecule has 0 spiro atoms. The van der Waals surface area contributed by atoms with Crippen molar-refractivity contribution in [2.24, 2.45) is 5.92 Å². The van der Waals surface area contributed by atoms with E-state index in [1.165, 1.54) is 6.92 Å². The Morgan fingerprint density at radius 2 is 2.07 bits per heavy atom. The monoisotopic (exact) mass is 433 g/mol. The van der Waals surface area contributed by atoms with Gasteiger partial charge in [0.05, 0.1) is 27.6 Å². The number of benzene rings is 1. The van der Waals surface area contributed by atoms with Crippen molar-refractivity contribution in [3.05, 3.63) is 52.7 Å². The molecule has 2 heterocycles. The van der Waals surface area contributed by atoms with Crippen LogP contribution in [0.3, 0.4) is 0 Å². The third-order valence-corrected chi connectivity index (χ3v) is 6.03. The first kappa shape index (κ1) is 19.7. The van der Waals surface area contributed by atoms with Crippen LogP contribution in [0.2, 0.25) is 10.0 Å². The SMILES string of the molecule is CC(=O)O[C@H]1CCC(c2cc(-n3ccnc3)c3ccc(Cl)c(Cl)c3n2)[C@@H]1C(=O)O. The molecule has 4 rings (SSSR count). The van der Waals surface area contributed by atoms with Crippen LogP contribution in [0.4, 0.5) is 0 Å². The molecule has 1 aliphatic carbocycles. The first-order chi connectivity index (χ1) is 13.9. The predicted molar refractivity (Wildman–Crippen MR) is 108 cm³/mol. The number of rotatable bonds is 4. The molecule has 3 aromatic rings. The van der Waals surface area contributed by atoms with Crippen molar-refractivity contribution in [2.75, 3.05) is 0 Å². The third-order valence-electron chi connectivity index (χ3n) is 5.23. The zero-order valence-corrected chi connectivity index (χ0v) is 16.9. The van der Waals surface area contributed by atoms with Crippen LogP contribution in [0.25, 0.3) is 16.6 Å². The molecular formula is C20H17Cl2N3O4. The molecular weight excluding hydrogens is 417 g/mol. The first-order valence-corrected chi connectivity index (χ1v) is 9.79. The maximum absolute atomic E-state index is 12.0. The van der Waals surface area contributed by atoms with E-state index in [-0.39, 0.29) is 0 Å². The number of pyridine rings is 1. The molecule has 7 nitrogen and oxygen atoms in total. The highest BCUT2D eigenvalue weighted by molar-refractivity contribution is 6.45. The fraction of sp³-hybridized carbons (Fsp3) is 0.300. The summed E-state index contributed by atoms with van der Waals surface area (Å²) in [6, 6.07) is 5.35. The van der Waals surface area contributed by atoms with Crippen LogP contribution in [0, 0.1) is 5.92 Å². The number of carbonyl (C=O) groups is 2. The van der Waals surface area contributed by atoms with E-state index in [0.717, 1.165) is 11.1 Å². The Kier molecular flexibility index (Phi) is 5.19. The molecule has 0 aliphatic heterocycles. The quantitative estimate of drug-likeness (QED) is 0.618. The van der Waals surface area contributed by atoms with Crippen LogP contribution in [-0.4, -0.2) is 37.7 Å². The highest BCUT2D eigenvalue weighted by Crippen LogP contribution is 2.43. The number of carbonyl (C=O) groups excluding carboxylic acids is 1. The molecule has 1 fully saturated rings. The predicted octanol–water partition coefficient (Wildman–Crippen LogP) is 4.24. The maximum atomic E-state index is 12.0. The van der Waals surface area contributed by atoms with E-state index in [1.54, 1.807) is 24.8 Å². The lowest BCUT2D eigenvalue weighted by atomic mass is 9.90. The second-order valence-electron chi connectivity index (χ2n) is 6.99. The van der Waals surface area contributed by atoms with Crippen molar-refractivity contribution in [1.82, 2.24) is 14.5 Å². The molecule has 2 aromatic heterocycles. The van der Waals surface area contributed by atoms with Gasteiger partial charge < -0.3 is 14.4 Å². The molecule has 0 saturated heterocycles. The summed E-state index contributed by atoms with van der Waals surface area (Å²) < 4.78 is 7.07. The fourth-order valence-corrected chi connectivity index (χ4v) is 4.37. The molecule has 9 heteroatoms. The lowest BCUT2D eigenvalue weighted by molar-refractivity contribution is -0.155. The molecule has 150 valence electrons.